The van der Waals surface area contributed by atoms with Crippen LogP contribution in [0.2, 0.25) is 0 Å². The van der Waals surface area contributed by atoms with Crippen molar-refractivity contribution in [2.24, 2.45) is 5.92 Å². The third-order valence-corrected chi connectivity index (χ3v) is 5.15. The van der Waals surface area contributed by atoms with E-state index in [0.717, 1.165) is 23.2 Å². The zero-order valence-electron chi connectivity index (χ0n) is 16.2. The van der Waals surface area contributed by atoms with Crippen LogP contribution in [0.5, 0.6) is 0 Å². The van der Waals surface area contributed by atoms with Gasteiger partial charge in [0.25, 0.3) is 5.91 Å². The summed E-state index contributed by atoms with van der Waals surface area (Å²) in [5.74, 6) is 0.454. The zero-order valence-corrected chi connectivity index (χ0v) is 16.2. The molecule has 0 aliphatic carbocycles. The molecule has 5 nitrogen and oxygen atoms in total. The van der Waals surface area contributed by atoms with Gasteiger partial charge in [-0.1, -0.05) is 38.1 Å². The molecule has 3 rings (SSSR count). The maximum atomic E-state index is 13.1. The third kappa shape index (κ3) is 3.54. The van der Waals surface area contributed by atoms with Crippen molar-refractivity contribution in [2.75, 3.05) is 13.1 Å². The Morgan fingerprint density at radius 3 is 2.73 bits per heavy atom. The zero-order chi connectivity index (χ0) is 18.9. The molecular weight excluding hydrogens is 326 g/mol. The van der Waals surface area contributed by atoms with Gasteiger partial charge in [0, 0.05) is 13.1 Å². The lowest BCUT2D eigenvalue weighted by molar-refractivity contribution is 0.0409. The Hall–Kier alpha value is -2.14. The minimum atomic E-state index is -0.973. The molecule has 0 spiro atoms. The first-order valence-corrected chi connectivity index (χ1v) is 9.48. The van der Waals surface area contributed by atoms with E-state index < -0.39 is 5.60 Å². The van der Waals surface area contributed by atoms with Crippen LogP contribution in [0.15, 0.2) is 30.3 Å². The van der Waals surface area contributed by atoms with Crippen molar-refractivity contribution in [3.8, 4) is 0 Å². The molecule has 2 aromatic rings. The van der Waals surface area contributed by atoms with E-state index in [1.54, 1.807) is 9.58 Å². The molecule has 1 fully saturated rings. The van der Waals surface area contributed by atoms with Gasteiger partial charge in [-0.25, -0.2) is 0 Å². The summed E-state index contributed by atoms with van der Waals surface area (Å²) in [7, 11) is 0. The minimum Gasteiger partial charge on any atom is -0.383 e. The fourth-order valence-electron chi connectivity index (χ4n) is 3.85. The number of likely N-dealkylation sites (tertiary alicyclic amines) is 1. The van der Waals surface area contributed by atoms with E-state index in [-0.39, 0.29) is 5.91 Å². The second-order valence-corrected chi connectivity index (χ2v) is 7.76. The average Bonchev–Trinajstić information content (AvgIpc) is 3.18. The summed E-state index contributed by atoms with van der Waals surface area (Å²) in [6.07, 6.45) is 1.42. The molecule has 1 aromatic heterocycles. The van der Waals surface area contributed by atoms with Gasteiger partial charge in [-0.3, -0.25) is 9.48 Å². The first kappa shape index (κ1) is 18.6. The normalized spacial score (nSPS) is 20.2. The Morgan fingerprint density at radius 1 is 1.35 bits per heavy atom. The maximum absolute atomic E-state index is 13.1. The highest BCUT2D eigenvalue weighted by Crippen LogP contribution is 2.34. The van der Waals surface area contributed by atoms with Crippen molar-refractivity contribution in [3.05, 3.63) is 52.8 Å². The lowest BCUT2D eigenvalue weighted by atomic mass is 9.89. The van der Waals surface area contributed by atoms with Crippen molar-refractivity contribution < 1.29 is 9.90 Å². The molecular formula is C21H29N3O2. The van der Waals surface area contributed by atoms with Crippen molar-refractivity contribution in [1.82, 2.24) is 14.7 Å². The van der Waals surface area contributed by atoms with Gasteiger partial charge in [0.15, 0.2) is 0 Å². The highest BCUT2D eigenvalue weighted by molar-refractivity contribution is 5.93. The third-order valence-electron chi connectivity index (χ3n) is 5.15. The highest BCUT2D eigenvalue weighted by Gasteiger charge is 2.41. The second kappa shape index (κ2) is 7.23. The van der Waals surface area contributed by atoms with Crippen LogP contribution < -0.4 is 0 Å². The second-order valence-electron chi connectivity index (χ2n) is 7.76. The summed E-state index contributed by atoms with van der Waals surface area (Å²) < 4.78 is 1.78. The van der Waals surface area contributed by atoms with E-state index in [0.29, 0.717) is 37.7 Å². The van der Waals surface area contributed by atoms with E-state index in [2.05, 4.69) is 18.9 Å². The summed E-state index contributed by atoms with van der Waals surface area (Å²) in [6, 6.07) is 9.78. The summed E-state index contributed by atoms with van der Waals surface area (Å²) in [5.41, 5.74) is 2.58. The topological polar surface area (TPSA) is 58.4 Å². The number of carbonyl (C=O) groups excluding carboxylic acids is 1. The molecule has 0 radical (unpaired) electrons. The van der Waals surface area contributed by atoms with Gasteiger partial charge < -0.3 is 10.0 Å². The summed E-state index contributed by atoms with van der Waals surface area (Å²) in [5, 5.41) is 15.7. The number of aromatic nitrogens is 2. The van der Waals surface area contributed by atoms with Crippen molar-refractivity contribution in [3.63, 3.8) is 0 Å². The number of aryl methyl sites for hydroxylation is 2. The predicted molar refractivity (Wildman–Crippen MR) is 102 cm³/mol. The molecule has 1 saturated heterocycles. The molecule has 1 amide bonds. The first-order valence-electron chi connectivity index (χ1n) is 9.48. The molecule has 1 aliphatic heterocycles. The van der Waals surface area contributed by atoms with Crippen LogP contribution in [0.25, 0.3) is 0 Å². The van der Waals surface area contributed by atoms with E-state index in [1.165, 1.54) is 0 Å². The lowest BCUT2D eigenvalue weighted by Gasteiger charge is -2.25. The van der Waals surface area contributed by atoms with Crippen molar-refractivity contribution in [2.45, 2.75) is 52.7 Å². The molecule has 1 aliphatic rings. The van der Waals surface area contributed by atoms with Crippen molar-refractivity contribution >= 4 is 5.91 Å². The number of carbonyl (C=O) groups is 1. The van der Waals surface area contributed by atoms with Crippen LogP contribution in [0.1, 0.15) is 54.5 Å². The molecule has 1 N–H and O–H groups in total. The number of nitrogens with zero attached hydrogens (tertiary/aromatic N) is 3. The predicted octanol–water partition coefficient (Wildman–Crippen LogP) is 3.14. The van der Waals surface area contributed by atoms with Crippen LogP contribution in [-0.4, -0.2) is 38.8 Å². The largest absolute Gasteiger partial charge is 0.383 e. The Morgan fingerprint density at radius 2 is 2.08 bits per heavy atom. The quantitative estimate of drug-likeness (QED) is 0.896. The number of hydrogen-bond acceptors (Lipinski definition) is 3. The van der Waals surface area contributed by atoms with Gasteiger partial charge >= 0.3 is 0 Å². The number of amides is 1. The Balaban J connectivity index is 1.82. The maximum Gasteiger partial charge on any atom is 0.272 e. The van der Waals surface area contributed by atoms with Gasteiger partial charge in [-0.05, 0) is 49.8 Å². The van der Waals surface area contributed by atoms with Crippen molar-refractivity contribution in [1.29, 1.82) is 0 Å². The molecule has 1 aromatic carbocycles. The average molecular weight is 355 g/mol. The molecule has 140 valence electrons. The van der Waals surface area contributed by atoms with Gasteiger partial charge in [0.2, 0.25) is 0 Å². The molecule has 0 saturated carbocycles. The van der Waals surface area contributed by atoms with E-state index in [1.807, 2.05) is 44.2 Å². The molecule has 1 unspecified atom stereocenters. The molecule has 26 heavy (non-hydrogen) atoms. The number of rotatable bonds is 5. The monoisotopic (exact) mass is 355 g/mol. The number of aliphatic hydroxyl groups is 1. The minimum absolute atomic E-state index is 0.0427. The number of β-amino-alcohol motifs (C(OH)–C–C–N with tert-alkyl or cyclic N) is 1. The van der Waals surface area contributed by atoms with Crippen LogP contribution in [0.4, 0.5) is 0 Å². The number of benzene rings is 1. The fourth-order valence-corrected chi connectivity index (χ4v) is 3.85. The van der Waals surface area contributed by atoms with Gasteiger partial charge in [0.1, 0.15) is 11.3 Å². The van der Waals surface area contributed by atoms with E-state index >= 15 is 0 Å². The Kier molecular flexibility index (Phi) is 5.19. The fraction of sp³-hybridized carbons (Fsp3) is 0.524. The molecule has 0 bridgehead atoms. The Labute approximate surface area is 155 Å². The van der Waals surface area contributed by atoms with Crippen LogP contribution in [-0.2, 0) is 18.6 Å². The Bertz CT molecular complexity index is 796. The molecule has 5 heteroatoms. The first-order chi connectivity index (χ1) is 12.3. The summed E-state index contributed by atoms with van der Waals surface area (Å²) >= 11 is 0. The molecule has 1 atom stereocenters. The molecule has 2 heterocycles. The van der Waals surface area contributed by atoms with Gasteiger partial charge in [0.05, 0.1) is 12.2 Å². The van der Waals surface area contributed by atoms with Crippen LogP contribution in [0.3, 0.4) is 0 Å². The summed E-state index contributed by atoms with van der Waals surface area (Å²) in [4.78, 5) is 14.8. The van der Waals surface area contributed by atoms with Gasteiger partial charge in [-0.2, -0.15) is 5.10 Å². The lowest BCUT2D eigenvalue weighted by Crippen LogP contribution is -2.35. The smallest absolute Gasteiger partial charge is 0.272 e. The van der Waals surface area contributed by atoms with E-state index in [9.17, 15) is 9.90 Å². The van der Waals surface area contributed by atoms with Crippen LogP contribution in [0, 0.1) is 12.8 Å². The highest BCUT2D eigenvalue weighted by atomic mass is 16.3. The standard InChI is InChI=1S/C21H29N3O2/c1-5-24-19(13-17(22-24)12-15(2)3)20(25)23-11-10-21(26,14-23)18-9-7-6-8-16(18)4/h6-9,13,15,26H,5,10-12,14H2,1-4H3. The SMILES string of the molecule is CCn1nc(CC(C)C)cc1C(=O)N1CCC(O)(c2ccccc2C)C1. The van der Waals surface area contributed by atoms with Gasteiger partial charge in [-0.15, -0.1) is 0 Å². The number of hydrogen-bond donors (Lipinski definition) is 1. The summed E-state index contributed by atoms with van der Waals surface area (Å²) in [6.45, 7) is 9.83. The van der Waals surface area contributed by atoms with E-state index in [4.69, 9.17) is 0 Å². The van der Waals surface area contributed by atoms with Crippen LogP contribution >= 0.6 is 0 Å².